The van der Waals surface area contributed by atoms with Gasteiger partial charge in [0.15, 0.2) is 5.82 Å². The number of amides is 2. The van der Waals surface area contributed by atoms with Crippen LogP contribution in [0.2, 0.25) is 0 Å². The third kappa shape index (κ3) is 4.38. The van der Waals surface area contributed by atoms with Crippen LogP contribution in [-0.2, 0) is 17.3 Å². The number of benzene rings is 1. The van der Waals surface area contributed by atoms with Crippen LogP contribution < -0.4 is 15.5 Å². The summed E-state index contributed by atoms with van der Waals surface area (Å²) in [5, 5.41) is 11.5. The van der Waals surface area contributed by atoms with Gasteiger partial charge in [-0.3, -0.25) is 10.4 Å². The van der Waals surface area contributed by atoms with E-state index in [9.17, 15) is 18.0 Å². The number of urea groups is 1. The number of halogens is 3. The second kappa shape index (κ2) is 8.09. The van der Waals surface area contributed by atoms with Gasteiger partial charge in [0.2, 0.25) is 0 Å². The van der Waals surface area contributed by atoms with E-state index in [1.165, 1.54) is 6.07 Å². The molecule has 0 saturated carbocycles. The lowest BCUT2D eigenvalue weighted by molar-refractivity contribution is -0.136. The van der Waals surface area contributed by atoms with Gasteiger partial charge in [-0.25, -0.2) is 4.79 Å². The van der Waals surface area contributed by atoms with Crippen molar-refractivity contribution in [2.75, 3.05) is 41.8 Å². The number of nitrogens with zero attached hydrogens (tertiary/aromatic N) is 2. The molecule has 0 spiro atoms. The molecule has 152 valence electrons. The Kier molecular flexibility index (Phi) is 5.78. The van der Waals surface area contributed by atoms with Crippen LogP contribution in [0, 0.1) is 6.92 Å². The Hall–Kier alpha value is -2.75. The molecule has 1 aromatic carbocycles. The third-order valence-corrected chi connectivity index (χ3v) is 4.63. The maximum atomic E-state index is 13.6. The van der Waals surface area contributed by atoms with Crippen LogP contribution in [0.1, 0.15) is 23.7 Å². The smallest absolute Gasteiger partial charge is 0.378 e. The average Bonchev–Trinajstić information content (AvgIpc) is 3.01. The predicted octanol–water partition coefficient (Wildman–Crippen LogP) is 3.78. The highest BCUT2D eigenvalue weighted by Gasteiger charge is 2.35. The molecule has 1 aliphatic rings. The molecule has 1 saturated heterocycles. The second-order valence-corrected chi connectivity index (χ2v) is 6.44. The summed E-state index contributed by atoms with van der Waals surface area (Å²) in [7, 11) is 0. The topological polar surface area (TPSA) is 82.3 Å². The molecule has 2 heterocycles. The number of morpholine rings is 1. The Morgan fingerprint density at radius 3 is 2.61 bits per heavy atom. The van der Waals surface area contributed by atoms with Crippen LogP contribution in [0.3, 0.4) is 0 Å². The first-order valence-electron chi connectivity index (χ1n) is 8.95. The van der Waals surface area contributed by atoms with Crippen molar-refractivity contribution < 1.29 is 22.7 Å². The molecule has 10 heteroatoms. The molecule has 28 heavy (non-hydrogen) atoms. The van der Waals surface area contributed by atoms with E-state index in [1.807, 2.05) is 11.8 Å². The van der Waals surface area contributed by atoms with E-state index in [1.54, 1.807) is 13.0 Å². The van der Waals surface area contributed by atoms with Gasteiger partial charge < -0.3 is 15.0 Å². The number of carbonyl (C=O) groups excluding carboxylic acids is 1. The van der Waals surface area contributed by atoms with Crippen molar-refractivity contribution in [2.24, 2.45) is 0 Å². The van der Waals surface area contributed by atoms with Crippen LogP contribution in [0.25, 0.3) is 0 Å². The minimum Gasteiger partial charge on any atom is -0.378 e. The summed E-state index contributed by atoms with van der Waals surface area (Å²) in [4.78, 5) is 14.0. The van der Waals surface area contributed by atoms with Gasteiger partial charge in [-0.2, -0.15) is 18.3 Å². The molecule has 1 fully saturated rings. The first-order valence-corrected chi connectivity index (χ1v) is 8.95. The highest BCUT2D eigenvalue weighted by Crippen LogP contribution is 2.37. The van der Waals surface area contributed by atoms with E-state index in [4.69, 9.17) is 4.74 Å². The number of hydrogen-bond acceptors (Lipinski definition) is 4. The second-order valence-electron chi connectivity index (χ2n) is 6.44. The Labute approximate surface area is 160 Å². The quantitative estimate of drug-likeness (QED) is 0.733. The zero-order valence-corrected chi connectivity index (χ0v) is 15.6. The number of aromatic nitrogens is 2. The molecular weight excluding hydrogens is 375 g/mol. The molecular formula is C18H22F3N5O2. The number of carbonyl (C=O) groups is 1. The zero-order chi connectivity index (χ0) is 20.3. The van der Waals surface area contributed by atoms with E-state index in [2.05, 4.69) is 20.8 Å². The Morgan fingerprint density at radius 1 is 1.29 bits per heavy atom. The first kappa shape index (κ1) is 20.0. The van der Waals surface area contributed by atoms with Crippen LogP contribution in [-0.4, -0.2) is 42.5 Å². The van der Waals surface area contributed by atoms with Crippen molar-refractivity contribution in [2.45, 2.75) is 26.4 Å². The number of aryl methyl sites for hydroxylation is 1. The van der Waals surface area contributed by atoms with Gasteiger partial charge >= 0.3 is 12.2 Å². The number of rotatable bonds is 4. The van der Waals surface area contributed by atoms with Gasteiger partial charge in [0.05, 0.1) is 24.5 Å². The van der Waals surface area contributed by atoms with Crippen molar-refractivity contribution >= 4 is 23.2 Å². The molecule has 3 rings (SSSR count). The molecule has 7 nitrogen and oxygen atoms in total. The molecule has 0 radical (unpaired) electrons. The molecule has 0 aliphatic carbocycles. The van der Waals surface area contributed by atoms with Crippen molar-refractivity contribution in [1.82, 2.24) is 10.2 Å². The van der Waals surface area contributed by atoms with Gasteiger partial charge in [-0.05, 0) is 31.5 Å². The van der Waals surface area contributed by atoms with Gasteiger partial charge in [0, 0.05) is 30.0 Å². The normalized spacial score (nSPS) is 14.8. The molecule has 1 aromatic heterocycles. The predicted molar refractivity (Wildman–Crippen MR) is 99.8 cm³/mol. The minimum absolute atomic E-state index is 0.285. The lowest BCUT2D eigenvalue weighted by Crippen LogP contribution is -2.36. The summed E-state index contributed by atoms with van der Waals surface area (Å²) in [5.74, 6) is 0.285. The van der Waals surface area contributed by atoms with E-state index in [0.29, 0.717) is 38.4 Å². The maximum Gasteiger partial charge on any atom is 0.418 e. The molecule has 0 atom stereocenters. The lowest BCUT2D eigenvalue weighted by Gasteiger charge is -2.29. The molecule has 0 unspecified atom stereocenters. The fourth-order valence-electron chi connectivity index (χ4n) is 3.06. The van der Waals surface area contributed by atoms with Crippen LogP contribution in [0.4, 0.5) is 35.2 Å². The summed E-state index contributed by atoms with van der Waals surface area (Å²) in [6.45, 7) is 5.66. The number of anilines is 3. The number of nitrogens with one attached hydrogen (secondary N) is 3. The number of H-pyrrole nitrogens is 1. The highest BCUT2D eigenvalue weighted by atomic mass is 19.4. The SMILES string of the molecule is CCc1[nH]nc(NC(=O)Nc2ccc(N3CCOCC3)cc2C(F)(F)F)c1C. The van der Waals surface area contributed by atoms with Gasteiger partial charge in [0.25, 0.3) is 0 Å². The molecule has 1 aliphatic heterocycles. The molecule has 2 amide bonds. The Morgan fingerprint density at radius 2 is 2.00 bits per heavy atom. The largest absolute Gasteiger partial charge is 0.418 e. The monoisotopic (exact) mass is 397 g/mol. The zero-order valence-electron chi connectivity index (χ0n) is 15.6. The number of alkyl halides is 3. The van der Waals surface area contributed by atoms with Crippen LogP contribution in [0.5, 0.6) is 0 Å². The van der Waals surface area contributed by atoms with Crippen molar-refractivity contribution in [3.05, 3.63) is 35.0 Å². The lowest BCUT2D eigenvalue weighted by atomic mass is 10.1. The fourth-order valence-corrected chi connectivity index (χ4v) is 3.06. The average molecular weight is 397 g/mol. The number of aromatic amines is 1. The summed E-state index contributed by atoms with van der Waals surface area (Å²) < 4.78 is 45.9. The fraction of sp³-hybridized carbons (Fsp3) is 0.444. The van der Waals surface area contributed by atoms with E-state index < -0.39 is 17.8 Å². The Balaban J connectivity index is 1.80. The Bertz CT molecular complexity index is 844. The summed E-state index contributed by atoms with van der Waals surface area (Å²) in [6.07, 6.45) is -3.91. The minimum atomic E-state index is -4.61. The van der Waals surface area contributed by atoms with Crippen molar-refractivity contribution in [3.8, 4) is 0 Å². The van der Waals surface area contributed by atoms with Crippen molar-refractivity contribution in [3.63, 3.8) is 0 Å². The highest BCUT2D eigenvalue weighted by molar-refractivity contribution is 6.00. The first-order chi connectivity index (χ1) is 13.3. The molecule has 3 N–H and O–H groups in total. The van der Waals surface area contributed by atoms with E-state index in [0.717, 1.165) is 17.3 Å². The summed E-state index contributed by atoms with van der Waals surface area (Å²) >= 11 is 0. The summed E-state index contributed by atoms with van der Waals surface area (Å²) in [5.41, 5.74) is 0.820. The summed E-state index contributed by atoms with van der Waals surface area (Å²) in [6, 6.07) is 3.09. The van der Waals surface area contributed by atoms with Gasteiger partial charge in [0.1, 0.15) is 0 Å². The van der Waals surface area contributed by atoms with Gasteiger partial charge in [-0.1, -0.05) is 6.92 Å². The van der Waals surface area contributed by atoms with Gasteiger partial charge in [-0.15, -0.1) is 0 Å². The molecule has 2 aromatic rings. The standard InChI is InChI=1S/C18H22F3N5O2/c1-3-14-11(2)16(25-24-14)23-17(27)22-15-5-4-12(10-13(15)18(19,20)21)26-6-8-28-9-7-26/h4-5,10H,3,6-9H2,1-2H3,(H3,22,23,24,25,27). The van der Waals surface area contributed by atoms with Crippen molar-refractivity contribution in [1.29, 1.82) is 0 Å². The van der Waals surface area contributed by atoms with Crippen LogP contribution >= 0.6 is 0 Å². The maximum absolute atomic E-state index is 13.6. The molecule has 0 bridgehead atoms. The van der Waals surface area contributed by atoms with Crippen LogP contribution in [0.15, 0.2) is 18.2 Å². The van der Waals surface area contributed by atoms with E-state index in [-0.39, 0.29) is 11.5 Å². The third-order valence-electron chi connectivity index (χ3n) is 4.63. The number of ether oxygens (including phenoxy) is 1. The number of hydrogen-bond donors (Lipinski definition) is 3. The van der Waals surface area contributed by atoms with E-state index >= 15 is 0 Å².